The van der Waals surface area contributed by atoms with Crippen LogP contribution in [-0.4, -0.2) is 53.9 Å². The highest BCUT2D eigenvalue weighted by Gasteiger charge is 2.29. The van der Waals surface area contributed by atoms with Gasteiger partial charge < -0.3 is 9.80 Å². The van der Waals surface area contributed by atoms with E-state index in [1.807, 2.05) is 43.0 Å². The number of rotatable bonds is 2. The summed E-state index contributed by atoms with van der Waals surface area (Å²) in [6, 6.07) is 8.42. The Morgan fingerprint density at radius 3 is 2.77 bits per heavy atom. The average molecular weight is 297 g/mol. The maximum atomic E-state index is 13.0. The standard InChI is InChI=1S/C18H23N3O/c1-12-6-5-7-15-16(10-13(2)19-17(12)15)18(22)21-9-8-14(11-21)20(3)4/h5-7,10,14H,8-9,11H2,1-4H3/t14-/m0/s1. The first kappa shape index (κ1) is 15.0. The number of aryl methyl sites for hydroxylation is 2. The van der Waals surface area contributed by atoms with Gasteiger partial charge in [-0.1, -0.05) is 18.2 Å². The van der Waals surface area contributed by atoms with Crippen molar-refractivity contribution in [3.63, 3.8) is 0 Å². The van der Waals surface area contributed by atoms with Gasteiger partial charge in [-0.15, -0.1) is 0 Å². The molecule has 0 aliphatic carbocycles. The molecule has 0 unspecified atom stereocenters. The summed E-state index contributed by atoms with van der Waals surface area (Å²) in [5.74, 6) is 0.130. The number of hydrogen-bond donors (Lipinski definition) is 0. The molecule has 3 rings (SSSR count). The zero-order valence-corrected chi connectivity index (χ0v) is 13.8. The average Bonchev–Trinajstić information content (AvgIpc) is 2.97. The molecule has 1 amide bonds. The molecule has 1 aromatic heterocycles. The lowest BCUT2D eigenvalue weighted by Crippen LogP contribution is -2.34. The van der Waals surface area contributed by atoms with Crippen molar-refractivity contribution in [2.45, 2.75) is 26.3 Å². The normalized spacial score (nSPS) is 18.4. The van der Waals surface area contributed by atoms with Crippen molar-refractivity contribution in [3.05, 3.63) is 41.1 Å². The van der Waals surface area contributed by atoms with Gasteiger partial charge in [-0.2, -0.15) is 0 Å². The van der Waals surface area contributed by atoms with Gasteiger partial charge in [-0.05, 0) is 46.0 Å². The Morgan fingerprint density at radius 2 is 2.09 bits per heavy atom. The quantitative estimate of drug-likeness (QED) is 0.855. The Morgan fingerprint density at radius 1 is 1.32 bits per heavy atom. The number of benzene rings is 1. The fourth-order valence-corrected chi connectivity index (χ4v) is 3.22. The number of likely N-dealkylation sites (tertiary alicyclic amines) is 1. The summed E-state index contributed by atoms with van der Waals surface area (Å²) >= 11 is 0. The molecule has 1 fully saturated rings. The highest BCUT2D eigenvalue weighted by molar-refractivity contribution is 6.06. The molecule has 1 saturated heterocycles. The lowest BCUT2D eigenvalue weighted by molar-refractivity contribution is 0.0785. The molecule has 22 heavy (non-hydrogen) atoms. The van der Waals surface area contributed by atoms with Gasteiger partial charge >= 0.3 is 0 Å². The van der Waals surface area contributed by atoms with Crippen molar-refractivity contribution < 1.29 is 4.79 Å². The van der Waals surface area contributed by atoms with Crippen molar-refractivity contribution in [3.8, 4) is 0 Å². The minimum absolute atomic E-state index is 0.130. The van der Waals surface area contributed by atoms with Gasteiger partial charge in [-0.25, -0.2) is 0 Å². The van der Waals surface area contributed by atoms with E-state index in [0.717, 1.165) is 47.2 Å². The molecule has 1 aromatic carbocycles. The lowest BCUT2D eigenvalue weighted by atomic mass is 10.0. The van der Waals surface area contributed by atoms with E-state index in [2.05, 4.69) is 24.0 Å². The van der Waals surface area contributed by atoms with Crippen LogP contribution in [0, 0.1) is 13.8 Å². The summed E-state index contributed by atoms with van der Waals surface area (Å²) in [6.07, 6.45) is 1.04. The Bertz CT molecular complexity index is 724. The van der Waals surface area contributed by atoms with E-state index in [1.54, 1.807) is 0 Å². The van der Waals surface area contributed by atoms with E-state index in [9.17, 15) is 4.79 Å². The highest BCUT2D eigenvalue weighted by atomic mass is 16.2. The topological polar surface area (TPSA) is 36.4 Å². The monoisotopic (exact) mass is 297 g/mol. The van der Waals surface area contributed by atoms with Crippen LogP contribution in [0.2, 0.25) is 0 Å². The van der Waals surface area contributed by atoms with Crippen LogP contribution in [0.4, 0.5) is 0 Å². The van der Waals surface area contributed by atoms with Crippen LogP contribution < -0.4 is 0 Å². The zero-order valence-electron chi connectivity index (χ0n) is 13.8. The lowest BCUT2D eigenvalue weighted by Gasteiger charge is -2.21. The second-order valence-corrected chi connectivity index (χ2v) is 6.44. The molecule has 2 aromatic rings. The predicted molar refractivity (Wildman–Crippen MR) is 89.2 cm³/mol. The molecule has 0 N–H and O–H groups in total. The van der Waals surface area contributed by atoms with Gasteiger partial charge in [0.05, 0.1) is 11.1 Å². The molecule has 0 bridgehead atoms. The van der Waals surface area contributed by atoms with E-state index >= 15 is 0 Å². The third-order valence-electron chi connectivity index (χ3n) is 4.58. The predicted octanol–water partition coefficient (Wildman–Crippen LogP) is 2.63. The minimum Gasteiger partial charge on any atom is -0.337 e. The second-order valence-electron chi connectivity index (χ2n) is 6.44. The van der Waals surface area contributed by atoms with Gasteiger partial charge in [0.15, 0.2) is 0 Å². The number of carbonyl (C=O) groups excluding carboxylic acids is 1. The third-order valence-corrected chi connectivity index (χ3v) is 4.58. The second kappa shape index (κ2) is 5.69. The van der Waals surface area contributed by atoms with Gasteiger partial charge in [0, 0.05) is 30.2 Å². The van der Waals surface area contributed by atoms with Crippen LogP contribution in [0.15, 0.2) is 24.3 Å². The van der Waals surface area contributed by atoms with Gasteiger partial charge in [0.2, 0.25) is 0 Å². The van der Waals surface area contributed by atoms with E-state index in [0.29, 0.717) is 6.04 Å². The van der Waals surface area contributed by atoms with Crippen molar-refractivity contribution in [1.29, 1.82) is 0 Å². The first-order chi connectivity index (χ1) is 10.5. The van der Waals surface area contributed by atoms with Crippen LogP contribution >= 0.6 is 0 Å². The molecular weight excluding hydrogens is 274 g/mol. The number of fused-ring (bicyclic) bond motifs is 1. The Labute approximate surface area is 131 Å². The van der Waals surface area contributed by atoms with Crippen LogP contribution in [0.5, 0.6) is 0 Å². The molecular formula is C18H23N3O. The van der Waals surface area contributed by atoms with Crippen LogP contribution in [0.25, 0.3) is 10.9 Å². The number of para-hydroxylation sites is 1. The fraction of sp³-hybridized carbons (Fsp3) is 0.444. The summed E-state index contributed by atoms with van der Waals surface area (Å²) in [4.78, 5) is 21.8. The maximum Gasteiger partial charge on any atom is 0.254 e. The van der Waals surface area contributed by atoms with Gasteiger partial charge in [-0.3, -0.25) is 9.78 Å². The summed E-state index contributed by atoms with van der Waals surface area (Å²) in [5, 5.41) is 0.962. The Hall–Kier alpha value is -1.94. The number of hydrogen-bond acceptors (Lipinski definition) is 3. The number of carbonyl (C=O) groups is 1. The molecule has 0 spiro atoms. The van der Waals surface area contributed by atoms with Crippen molar-refractivity contribution in [2.24, 2.45) is 0 Å². The number of nitrogens with zero attached hydrogens (tertiary/aromatic N) is 3. The van der Waals surface area contributed by atoms with Crippen LogP contribution in [0.1, 0.15) is 28.0 Å². The number of pyridine rings is 1. The van der Waals surface area contributed by atoms with Crippen LogP contribution in [-0.2, 0) is 0 Å². The molecule has 4 nitrogen and oxygen atoms in total. The maximum absolute atomic E-state index is 13.0. The largest absolute Gasteiger partial charge is 0.337 e. The number of amides is 1. The van der Waals surface area contributed by atoms with E-state index in [-0.39, 0.29) is 5.91 Å². The molecule has 1 aliphatic rings. The summed E-state index contributed by atoms with van der Waals surface area (Å²) in [7, 11) is 4.15. The van der Waals surface area contributed by atoms with Gasteiger partial charge in [0.1, 0.15) is 0 Å². The highest BCUT2D eigenvalue weighted by Crippen LogP contribution is 2.24. The van der Waals surface area contributed by atoms with E-state index in [4.69, 9.17) is 0 Å². The van der Waals surface area contributed by atoms with Crippen molar-refractivity contribution >= 4 is 16.8 Å². The Kier molecular flexibility index (Phi) is 3.87. The SMILES string of the molecule is Cc1cc(C(=O)N2CC[C@H](N(C)C)C2)c2cccc(C)c2n1. The number of aromatic nitrogens is 1. The van der Waals surface area contributed by atoms with Gasteiger partial charge in [0.25, 0.3) is 5.91 Å². The zero-order chi connectivity index (χ0) is 15.9. The first-order valence-electron chi connectivity index (χ1n) is 7.80. The summed E-state index contributed by atoms with van der Waals surface area (Å²) in [5.41, 5.74) is 3.73. The summed E-state index contributed by atoms with van der Waals surface area (Å²) < 4.78 is 0. The Balaban J connectivity index is 2.00. The third kappa shape index (κ3) is 2.59. The minimum atomic E-state index is 0.130. The number of likely N-dealkylation sites (N-methyl/N-ethyl adjacent to an activating group) is 1. The smallest absolute Gasteiger partial charge is 0.254 e. The van der Waals surface area contributed by atoms with E-state index in [1.165, 1.54) is 0 Å². The van der Waals surface area contributed by atoms with Crippen molar-refractivity contribution in [2.75, 3.05) is 27.2 Å². The molecule has 0 saturated carbocycles. The van der Waals surface area contributed by atoms with E-state index < -0.39 is 0 Å². The molecule has 116 valence electrons. The molecule has 1 aliphatic heterocycles. The van der Waals surface area contributed by atoms with Crippen LogP contribution in [0.3, 0.4) is 0 Å². The molecule has 1 atom stereocenters. The molecule has 2 heterocycles. The fourth-order valence-electron chi connectivity index (χ4n) is 3.22. The molecule has 0 radical (unpaired) electrons. The summed E-state index contributed by atoms with van der Waals surface area (Å²) in [6.45, 7) is 5.63. The van der Waals surface area contributed by atoms with Crippen molar-refractivity contribution in [1.82, 2.24) is 14.8 Å². The first-order valence-corrected chi connectivity index (χ1v) is 7.80. The molecule has 4 heteroatoms.